The van der Waals surface area contributed by atoms with E-state index >= 15 is 0 Å². The van der Waals surface area contributed by atoms with Crippen LogP contribution in [0.3, 0.4) is 0 Å². The molecule has 2 N–H and O–H groups in total. The van der Waals surface area contributed by atoms with Crippen molar-refractivity contribution in [2.24, 2.45) is 0 Å². The zero-order chi connectivity index (χ0) is 21.7. The third kappa shape index (κ3) is 13.8. The molecule has 0 radical (unpaired) electrons. The normalized spacial score (nSPS) is 14.7. The molecule has 0 aromatic carbocycles. The molecule has 1 atom stereocenters. The summed E-state index contributed by atoms with van der Waals surface area (Å²) in [6.07, 6.45) is 0.592. The Labute approximate surface area is 170 Å². The standard InChI is InChI=1S/C16H37N2O8PSi/c1-7-24-28(25-8-2,26-9-3)14-10-11-17-16(19)15-23-27(20,21)22-13-12-18(4,5)6/h7-15H2,1-6H3,(H-,17,19,20,21)/p+1. The molecular formula is C16H38N2O8PSi+. The van der Waals surface area contributed by atoms with Gasteiger partial charge in [-0.1, -0.05) is 0 Å². The first-order valence-corrected chi connectivity index (χ1v) is 13.0. The van der Waals surface area contributed by atoms with Gasteiger partial charge in [0.15, 0.2) is 0 Å². The summed E-state index contributed by atoms with van der Waals surface area (Å²) in [7, 11) is -1.19. The fraction of sp³-hybridized carbons (Fsp3) is 0.938. The Kier molecular flexibility index (Phi) is 13.6. The third-order valence-electron chi connectivity index (χ3n) is 3.45. The second-order valence-electron chi connectivity index (χ2n) is 7.02. The van der Waals surface area contributed by atoms with Gasteiger partial charge >= 0.3 is 16.6 Å². The third-order valence-corrected chi connectivity index (χ3v) is 7.57. The molecular weight excluding hydrogens is 407 g/mol. The molecule has 0 aliphatic rings. The topological polar surface area (TPSA) is 113 Å². The number of nitrogens with one attached hydrogen (secondary N) is 1. The Bertz CT molecular complexity index is 473. The summed E-state index contributed by atoms with van der Waals surface area (Å²) in [5.41, 5.74) is 0. The quantitative estimate of drug-likeness (QED) is 0.149. The van der Waals surface area contributed by atoms with E-state index < -0.39 is 29.1 Å². The van der Waals surface area contributed by atoms with Gasteiger partial charge in [0.2, 0.25) is 5.91 Å². The number of likely N-dealkylation sites (N-methyl/N-ethyl adjacent to an activating group) is 1. The minimum Gasteiger partial charge on any atom is -0.374 e. The molecule has 0 saturated carbocycles. The summed E-state index contributed by atoms with van der Waals surface area (Å²) in [6, 6.07) is 0.566. The Morgan fingerprint density at radius 3 is 2.04 bits per heavy atom. The summed E-state index contributed by atoms with van der Waals surface area (Å²) in [5, 5.41) is 2.64. The fourth-order valence-corrected chi connectivity index (χ4v) is 5.47. The van der Waals surface area contributed by atoms with Crippen LogP contribution in [0.2, 0.25) is 6.04 Å². The van der Waals surface area contributed by atoms with Gasteiger partial charge in [0, 0.05) is 32.4 Å². The number of phosphoric acid groups is 1. The lowest BCUT2D eigenvalue weighted by atomic mass is 10.4. The second kappa shape index (κ2) is 13.8. The lowest BCUT2D eigenvalue weighted by Crippen LogP contribution is -2.46. The lowest BCUT2D eigenvalue weighted by molar-refractivity contribution is -0.870. The number of nitrogens with zero attached hydrogens (tertiary/aromatic N) is 1. The molecule has 168 valence electrons. The van der Waals surface area contributed by atoms with Crippen LogP contribution in [0.1, 0.15) is 27.2 Å². The van der Waals surface area contributed by atoms with Crippen molar-refractivity contribution in [2.45, 2.75) is 33.2 Å². The Morgan fingerprint density at radius 2 is 1.57 bits per heavy atom. The van der Waals surface area contributed by atoms with Crippen molar-refractivity contribution >= 4 is 22.5 Å². The van der Waals surface area contributed by atoms with Crippen LogP contribution in [-0.2, 0) is 31.7 Å². The predicted octanol–water partition coefficient (Wildman–Crippen LogP) is 1.38. The van der Waals surface area contributed by atoms with Crippen LogP contribution < -0.4 is 5.32 Å². The summed E-state index contributed by atoms with van der Waals surface area (Å²) in [4.78, 5) is 21.4. The largest absolute Gasteiger partial charge is 0.500 e. The monoisotopic (exact) mass is 445 g/mol. The Balaban J connectivity index is 4.21. The van der Waals surface area contributed by atoms with Gasteiger partial charge in [0.1, 0.15) is 19.8 Å². The Hall–Kier alpha value is -0.363. The van der Waals surface area contributed by atoms with Crippen LogP contribution in [0.4, 0.5) is 0 Å². The lowest BCUT2D eigenvalue weighted by Gasteiger charge is -2.28. The van der Waals surface area contributed by atoms with Gasteiger partial charge in [-0.15, -0.1) is 0 Å². The molecule has 1 amide bonds. The van der Waals surface area contributed by atoms with Gasteiger partial charge in [0.25, 0.3) is 0 Å². The number of carbonyl (C=O) groups excluding carboxylic acids is 1. The molecule has 0 spiro atoms. The number of hydrogen-bond acceptors (Lipinski definition) is 7. The molecule has 12 heteroatoms. The van der Waals surface area contributed by atoms with Crippen molar-refractivity contribution in [1.29, 1.82) is 0 Å². The first kappa shape index (κ1) is 27.6. The van der Waals surface area contributed by atoms with Crippen LogP contribution >= 0.6 is 7.82 Å². The molecule has 1 unspecified atom stereocenters. The molecule has 0 heterocycles. The molecule has 0 bridgehead atoms. The molecule has 10 nitrogen and oxygen atoms in total. The van der Waals surface area contributed by atoms with E-state index in [0.29, 0.717) is 49.9 Å². The zero-order valence-corrected chi connectivity index (χ0v) is 20.0. The van der Waals surface area contributed by atoms with Crippen LogP contribution in [0.25, 0.3) is 0 Å². The predicted molar refractivity (Wildman–Crippen MR) is 108 cm³/mol. The van der Waals surface area contributed by atoms with E-state index in [4.69, 9.17) is 22.3 Å². The van der Waals surface area contributed by atoms with Gasteiger partial charge in [-0.2, -0.15) is 0 Å². The number of amides is 1. The highest BCUT2D eigenvalue weighted by atomic mass is 31.2. The molecule has 0 aliphatic heterocycles. The van der Waals surface area contributed by atoms with E-state index in [2.05, 4.69) is 5.32 Å². The van der Waals surface area contributed by atoms with Gasteiger partial charge in [-0.25, -0.2) is 4.57 Å². The van der Waals surface area contributed by atoms with Crippen LogP contribution in [0.15, 0.2) is 0 Å². The van der Waals surface area contributed by atoms with Crippen LogP contribution in [0.5, 0.6) is 0 Å². The summed E-state index contributed by atoms with van der Waals surface area (Å²) in [5.74, 6) is -0.499. The molecule has 0 aromatic rings. The van der Waals surface area contributed by atoms with E-state index in [1.54, 1.807) is 0 Å². The first-order valence-electron chi connectivity index (χ1n) is 9.60. The van der Waals surface area contributed by atoms with E-state index in [1.807, 2.05) is 41.9 Å². The van der Waals surface area contributed by atoms with Crippen molar-refractivity contribution < 1.29 is 41.1 Å². The number of hydrogen-bond donors (Lipinski definition) is 2. The average Bonchev–Trinajstić information content (AvgIpc) is 2.56. The minimum atomic E-state index is -4.25. The summed E-state index contributed by atoms with van der Waals surface area (Å²) in [6.45, 7) is 7.51. The highest BCUT2D eigenvalue weighted by molar-refractivity contribution is 7.47. The summed E-state index contributed by atoms with van der Waals surface area (Å²) >= 11 is 0. The maximum absolute atomic E-state index is 11.8. The highest BCUT2D eigenvalue weighted by Gasteiger charge is 2.39. The van der Waals surface area contributed by atoms with Gasteiger partial charge < -0.3 is 28.0 Å². The number of carbonyl (C=O) groups is 1. The SMILES string of the molecule is CCO[Si](CCCNC(=O)COP(=O)(O)OCC[N+](C)(C)C)(OCC)OCC. The molecule has 0 saturated heterocycles. The molecule has 0 aromatic heterocycles. The van der Waals surface area contributed by atoms with E-state index in [9.17, 15) is 14.3 Å². The number of phosphoric ester groups is 1. The molecule has 0 aliphatic carbocycles. The highest BCUT2D eigenvalue weighted by Crippen LogP contribution is 2.42. The summed E-state index contributed by atoms with van der Waals surface area (Å²) < 4.78 is 39.1. The van der Waals surface area contributed by atoms with Gasteiger partial charge in [-0.05, 0) is 27.2 Å². The number of rotatable bonds is 17. The van der Waals surface area contributed by atoms with E-state index in [0.717, 1.165) is 0 Å². The van der Waals surface area contributed by atoms with Crippen LogP contribution in [0, 0.1) is 0 Å². The zero-order valence-electron chi connectivity index (χ0n) is 18.1. The first-order chi connectivity index (χ1) is 13.0. The van der Waals surface area contributed by atoms with Crippen molar-refractivity contribution in [1.82, 2.24) is 5.32 Å². The average molecular weight is 446 g/mol. The fourth-order valence-electron chi connectivity index (χ4n) is 2.19. The minimum absolute atomic E-state index is 0.0535. The smallest absolute Gasteiger partial charge is 0.374 e. The molecule has 28 heavy (non-hydrogen) atoms. The maximum Gasteiger partial charge on any atom is 0.500 e. The van der Waals surface area contributed by atoms with Crippen molar-refractivity contribution in [2.75, 3.05) is 67.3 Å². The van der Waals surface area contributed by atoms with Crippen LogP contribution in [-0.4, -0.2) is 91.4 Å². The van der Waals surface area contributed by atoms with E-state index in [1.165, 1.54) is 0 Å². The Morgan fingerprint density at radius 1 is 1.04 bits per heavy atom. The van der Waals surface area contributed by atoms with Crippen molar-refractivity contribution in [3.8, 4) is 0 Å². The molecule has 0 fully saturated rings. The van der Waals surface area contributed by atoms with Gasteiger partial charge in [0.05, 0.1) is 21.1 Å². The van der Waals surface area contributed by atoms with Gasteiger partial charge in [-0.3, -0.25) is 13.8 Å². The van der Waals surface area contributed by atoms with Crippen molar-refractivity contribution in [3.05, 3.63) is 0 Å². The van der Waals surface area contributed by atoms with Crippen molar-refractivity contribution in [3.63, 3.8) is 0 Å². The maximum atomic E-state index is 11.8. The molecule has 0 rings (SSSR count). The van der Waals surface area contributed by atoms with E-state index in [-0.39, 0.29) is 6.61 Å². The second-order valence-corrected chi connectivity index (χ2v) is 11.2. The number of quaternary nitrogens is 1.